The van der Waals surface area contributed by atoms with Crippen LogP contribution in [0.4, 0.5) is 0 Å². The lowest BCUT2D eigenvalue weighted by molar-refractivity contribution is -0.120. The zero-order chi connectivity index (χ0) is 20.2. The summed E-state index contributed by atoms with van der Waals surface area (Å²) in [5.41, 5.74) is -0.756. The molecular weight excluding hydrogens is 398 g/mol. The fourth-order valence-corrected chi connectivity index (χ4v) is 6.36. The number of nitriles is 1. The van der Waals surface area contributed by atoms with Gasteiger partial charge in [-0.3, -0.25) is 4.79 Å². The van der Waals surface area contributed by atoms with Crippen LogP contribution in [0.25, 0.3) is 0 Å². The lowest BCUT2D eigenvalue weighted by atomic mass is 9.83. The van der Waals surface area contributed by atoms with E-state index in [2.05, 4.69) is 28.2 Å². The Morgan fingerprint density at radius 2 is 2.14 bits per heavy atom. The van der Waals surface area contributed by atoms with Crippen LogP contribution in [0, 0.1) is 11.3 Å². The number of sulfone groups is 1. The monoisotopic (exact) mass is 423 g/mol. The first-order valence-corrected chi connectivity index (χ1v) is 12.3. The van der Waals surface area contributed by atoms with Gasteiger partial charge in [-0.05, 0) is 19.3 Å². The molecule has 10 heteroatoms. The maximum Gasteiger partial charge on any atom is 0.231 e. The first kappa shape index (κ1) is 20.9. The van der Waals surface area contributed by atoms with Gasteiger partial charge in [0.05, 0.1) is 23.3 Å². The summed E-state index contributed by atoms with van der Waals surface area (Å²) in [5.74, 6) is 0.625. The van der Waals surface area contributed by atoms with Crippen molar-refractivity contribution in [2.45, 2.75) is 61.7 Å². The molecule has 1 amide bonds. The molecule has 1 unspecified atom stereocenters. The summed E-state index contributed by atoms with van der Waals surface area (Å²) in [6, 6.07) is 2.28. The quantitative estimate of drug-likeness (QED) is 0.525. The molecule has 1 aromatic rings. The average molecular weight is 424 g/mol. The van der Waals surface area contributed by atoms with Gasteiger partial charge in [0.1, 0.15) is 11.4 Å². The number of carbonyl (C=O) groups excluding carboxylic acids is 1. The molecule has 0 aromatic carbocycles. The number of rotatable bonds is 7. The van der Waals surface area contributed by atoms with Crippen LogP contribution in [-0.2, 0) is 21.2 Å². The van der Waals surface area contributed by atoms with Crippen molar-refractivity contribution in [3.63, 3.8) is 0 Å². The Morgan fingerprint density at radius 1 is 1.39 bits per heavy atom. The van der Waals surface area contributed by atoms with Crippen molar-refractivity contribution >= 4 is 27.5 Å². The third kappa shape index (κ3) is 4.75. The number of thioether (sulfide) groups is 1. The first-order chi connectivity index (χ1) is 13.4. The Labute approximate surface area is 169 Å². The minimum Gasteiger partial charge on any atom is -0.337 e. The molecular formula is C18H25N5O3S2. The van der Waals surface area contributed by atoms with Crippen LogP contribution in [0.3, 0.4) is 0 Å². The van der Waals surface area contributed by atoms with Gasteiger partial charge in [0.15, 0.2) is 15.0 Å². The minimum atomic E-state index is -3.03. The summed E-state index contributed by atoms with van der Waals surface area (Å²) in [6.07, 6.45) is 6.60. The topological polar surface area (TPSA) is 118 Å². The van der Waals surface area contributed by atoms with Crippen molar-refractivity contribution in [2.75, 3.05) is 17.3 Å². The second kappa shape index (κ2) is 8.66. The summed E-state index contributed by atoms with van der Waals surface area (Å²) in [6.45, 7) is 4.20. The van der Waals surface area contributed by atoms with Crippen molar-refractivity contribution in [3.8, 4) is 6.07 Å². The predicted molar refractivity (Wildman–Crippen MR) is 107 cm³/mol. The highest BCUT2D eigenvalue weighted by molar-refractivity contribution is 7.99. The molecule has 0 bridgehead atoms. The van der Waals surface area contributed by atoms with Gasteiger partial charge in [0.2, 0.25) is 5.91 Å². The highest BCUT2D eigenvalue weighted by Crippen LogP contribution is 2.31. The number of amides is 1. The zero-order valence-electron chi connectivity index (χ0n) is 15.8. The smallest absolute Gasteiger partial charge is 0.231 e. The summed E-state index contributed by atoms with van der Waals surface area (Å²) in [7, 11) is -3.03. The molecule has 2 aliphatic rings. The maximum absolute atomic E-state index is 12.4. The Hall–Kier alpha value is -1.86. The largest absolute Gasteiger partial charge is 0.337 e. The van der Waals surface area contributed by atoms with Gasteiger partial charge >= 0.3 is 0 Å². The van der Waals surface area contributed by atoms with Crippen molar-refractivity contribution in [1.29, 1.82) is 5.26 Å². The molecule has 2 fully saturated rings. The zero-order valence-corrected chi connectivity index (χ0v) is 17.4. The van der Waals surface area contributed by atoms with E-state index in [9.17, 15) is 18.5 Å². The van der Waals surface area contributed by atoms with E-state index in [1.54, 1.807) is 6.08 Å². The number of nitrogens with zero attached hydrogens (tertiary/aromatic N) is 4. The van der Waals surface area contributed by atoms with E-state index in [0.29, 0.717) is 36.8 Å². The van der Waals surface area contributed by atoms with Gasteiger partial charge in [0, 0.05) is 12.5 Å². The van der Waals surface area contributed by atoms with Crippen molar-refractivity contribution < 1.29 is 13.2 Å². The van der Waals surface area contributed by atoms with Crippen molar-refractivity contribution in [1.82, 2.24) is 20.1 Å². The Balaban J connectivity index is 1.66. The van der Waals surface area contributed by atoms with Crippen LogP contribution in [-0.4, -0.2) is 51.9 Å². The SMILES string of the molecule is C=CCn1c(SCC(=O)NC2(C#N)CCCCC2)nnc1C1CCS(=O)(=O)C1. The number of allylic oxidation sites excluding steroid dienone is 1. The molecule has 0 radical (unpaired) electrons. The van der Waals surface area contributed by atoms with E-state index < -0.39 is 15.4 Å². The summed E-state index contributed by atoms with van der Waals surface area (Å²) >= 11 is 1.24. The molecule has 28 heavy (non-hydrogen) atoms. The number of carbonyl (C=O) groups is 1. The van der Waals surface area contributed by atoms with Crippen molar-refractivity contribution in [3.05, 3.63) is 18.5 Å². The molecule has 1 aromatic heterocycles. The minimum absolute atomic E-state index is 0.0815. The van der Waals surface area contributed by atoms with E-state index in [-0.39, 0.29) is 29.1 Å². The highest BCUT2D eigenvalue weighted by Gasteiger charge is 2.35. The molecule has 1 saturated carbocycles. The first-order valence-electron chi connectivity index (χ1n) is 9.47. The van der Waals surface area contributed by atoms with E-state index in [0.717, 1.165) is 19.3 Å². The maximum atomic E-state index is 12.4. The lowest BCUT2D eigenvalue weighted by Gasteiger charge is -2.31. The van der Waals surface area contributed by atoms with Crippen LogP contribution < -0.4 is 5.32 Å². The van der Waals surface area contributed by atoms with Gasteiger partial charge in [-0.1, -0.05) is 37.1 Å². The van der Waals surface area contributed by atoms with Crippen LogP contribution in [0.15, 0.2) is 17.8 Å². The third-order valence-corrected chi connectivity index (χ3v) is 8.02. The molecule has 1 aliphatic heterocycles. The van der Waals surface area contributed by atoms with Gasteiger partial charge in [-0.2, -0.15) is 5.26 Å². The molecule has 1 N–H and O–H groups in total. The number of aromatic nitrogens is 3. The second-order valence-corrected chi connectivity index (χ2v) is 10.6. The third-order valence-electron chi connectivity index (χ3n) is 5.29. The molecule has 2 heterocycles. The Kier molecular flexibility index (Phi) is 6.45. The van der Waals surface area contributed by atoms with E-state index in [4.69, 9.17) is 0 Å². The fourth-order valence-electron chi connectivity index (χ4n) is 3.86. The molecule has 152 valence electrons. The van der Waals surface area contributed by atoms with Crippen LogP contribution >= 0.6 is 11.8 Å². The number of nitrogens with one attached hydrogen (secondary N) is 1. The van der Waals surface area contributed by atoms with Crippen LogP contribution in [0.1, 0.15) is 50.3 Å². The summed E-state index contributed by atoms with van der Waals surface area (Å²) in [4.78, 5) is 12.4. The lowest BCUT2D eigenvalue weighted by Crippen LogP contribution is -2.49. The van der Waals surface area contributed by atoms with Crippen LogP contribution in [0.2, 0.25) is 0 Å². The fraction of sp³-hybridized carbons (Fsp3) is 0.667. The summed E-state index contributed by atoms with van der Waals surface area (Å²) < 4.78 is 25.4. The molecule has 1 atom stereocenters. The highest BCUT2D eigenvalue weighted by atomic mass is 32.2. The van der Waals surface area contributed by atoms with Gasteiger partial charge in [0.25, 0.3) is 0 Å². The molecule has 1 saturated heterocycles. The standard InChI is InChI=1S/C18H25N5O3S2/c1-2-9-23-16(14-6-10-28(25,26)12-14)21-22-17(23)27-11-15(24)20-18(13-19)7-4-3-5-8-18/h2,14H,1,3-12H2,(H,20,24). The summed E-state index contributed by atoms with van der Waals surface area (Å²) in [5, 5.41) is 21.3. The van der Waals surface area contributed by atoms with Gasteiger partial charge in [-0.25, -0.2) is 8.42 Å². The van der Waals surface area contributed by atoms with E-state index in [1.807, 2.05) is 4.57 Å². The molecule has 8 nitrogen and oxygen atoms in total. The molecule has 3 rings (SSSR count). The molecule has 0 spiro atoms. The van der Waals surface area contributed by atoms with Crippen LogP contribution in [0.5, 0.6) is 0 Å². The van der Waals surface area contributed by atoms with Gasteiger partial charge < -0.3 is 9.88 Å². The predicted octanol–water partition coefficient (Wildman–Crippen LogP) is 1.80. The average Bonchev–Trinajstić information content (AvgIpc) is 3.23. The van der Waals surface area contributed by atoms with E-state index in [1.165, 1.54) is 11.8 Å². The van der Waals surface area contributed by atoms with E-state index >= 15 is 0 Å². The number of hydrogen-bond acceptors (Lipinski definition) is 7. The number of hydrogen-bond donors (Lipinski definition) is 1. The van der Waals surface area contributed by atoms with Crippen molar-refractivity contribution in [2.24, 2.45) is 0 Å². The Bertz CT molecular complexity index is 882. The second-order valence-electron chi connectivity index (χ2n) is 7.43. The van der Waals surface area contributed by atoms with Gasteiger partial charge in [-0.15, -0.1) is 16.8 Å². The molecule has 1 aliphatic carbocycles. The normalized spacial score (nSPS) is 23.0. The Morgan fingerprint density at radius 3 is 2.75 bits per heavy atom.